The van der Waals surface area contributed by atoms with Crippen molar-refractivity contribution in [3.05, 3.63) is 76.2 Å². The highest BCUT2D eigenvalue weighted by Crippen LogP contribution is 2.18. The predicted octanol–water partition coefficient (Wildman–Crippen LogP) is 3.20. The Morgan fingerprint density at radius 1 is 0.950 bits per heavy atom. The van der Waals surface area contributed by atoms with Crippen LogP contribution in [0, 0.1) is 0 Å². The summed E-state index contributed by atoms with van der Waals surface area (Å²) in [6.07, 6.45) is 0. The number of rotatable bonds is 3. The molecule has 0 fully saturated rings. The molecule has 0 atom stereocenters. The molecule has 0 radical (unpaired) electrons. The Bertz CT molecular complexity index is 691. The molecule has 2 rings (SSSR count). The highest BCUT2D eigenvalue weighted by molar-refractivity contribution is 6.12. The summed E-state index contributed by atoms with van der Waals surface area (Å²) in [4.78, 5) is 26.5. The fourth-order valence-corrected chi connectivity index (χ4v) is 1.63. The summed E-state index contributed by atoms with van der Waals surface area (Å²) in [5.41, 5.74) is 9.14. The molecule has 0 spiro atoms. The number of benzene rings is 2. The van der Waals surface area contributed by atoms with Crippen LogP contribution in [-0.2, 0) is 0 Å². The van der Waals surface area contributed by atoms with Gasteiger partial charge in [-0.05, 0) is 23.7 Å². The van der Waals surface area contributed by atoms with Crippen LogP contribution >= 0.6 is 0 Å². The molecule has 0 aliphatic rings. The van der Waals surface area contributed by atoms with Gasteiger partial charge in [0.2, 0.25) is 0 Å². The number of hydrogen-bond donors (Lipinski definition) is 1. The molecule has 0 bridgehead atoms. The zero-order valence-electron chi connectivity index (χ0n) is 10.4. The highest BCUT2D eigenvalue weighted by Gasteiger charge is 2.14. The monoisotopic (exact) mass is 266 g/mol. The maximum absolute atomic E-state index is 12.0. The molecule has 2 aromatic rings. The SMILES string of the molecule is [N-]=[N+]=Nc1ccccc1C(=O)NC(=O)c1ccccc1. The van der Waals surface area contributed by atoms with E-state index < -0.39 is 11.8 Å². The van der Waals surface area contributed by atoms with E-state index in [4.69, 9.17) is 5.53 Å². The number of hydrogen-bond acceptors (Lipinski definition) is 3. The van der Waals surface area contributed by atoms with Crippen LogP contribution in [0.4, 0.5) is 5.69 Å². The molecule has 0 heterocycles. The fourth-order valence-electron chi connectivity index (χ4n) is 1.63. The van der Waals surface area contributed by atoms with E-state index in [0.29, 0.717) is 5.56 Å². The van der Waals surface area contributed by atoms with Gasteiger partial charge < -0.3 is 0 Å². The van der Waals surface area contributed by atoms with Crippen LogP contribution < -0.4 is 5.32 Å². The molecule has 0 saturated heterocycles. The smallest absolute Gasteiger partial charge is 0.258 e. The first-order valence-corrected chi connectivity index (χ1v) is 5.77. The van der Waals surface area contributed by atoms with Crippen LogP contribution in [0.15, 0.2) is 59.7 Å². The second kappa shape index (κ2) is 6.17. The third-order valence-electron chi connectivity index (χ3n) is 2.56. The minimum absolute atomic E-state index is 0.148. The Hall–Kier alpha value is -3.11. The van der Waals surface area contributed by atoms with E-state index in [2.05, 4.69) is 15.3 Å². The highest BCUT2D eigenvalue weighted by atomic mass is 16.2. The van der Waals surface area contributed by atoms with Gasteiger partial charge in [-0.2, -0.15) is 0 Å². The van der Waals surface area contributed by atoms with Gasteiger partial charge in [0.25, 0.3) is 11.8 Å². The molecule has 1 N–H and O–H groups in total. The van der Waals surface area contributed by atoms with Crippen molar-refractivity contribution in [2.24, 2.45) is 5.11 Å². The molecule has 0 saturated carbocycles. The standard InChI is InChI=1S/C14H10N4O2/c15-18-17-12-9-5-4-8-11(12)14(20)16-13(19)10-6-2-1-3-7-10/h1-9H,(H,16,19,20). The van der Waals surface area contributed by atoms with Crippen LogP contribution in [0.5, 0.6) is 0 Å². The van der Waals surface area contributed by atoms with Gasteiger partial charge in [0, 0.05) is 16.0 Å². The summed E-state index contributed by atoms with van der Waals surface area (Å²) in [6.45, 7) is 0. The lowest BCUT2D eigenvalue weighted by atomic mass is 10.1. The lowest BCUT2D eigenvalue weighted by Gasteiger charge is -2.06. The average Bonchev–Trinajstić information content (AvgIpc) is 2.49. The van der Waals surface area contributed by atoms with Crippen molar-refractivity contribution < 1.29 is 9.59 Å². The van der Waals surface area contributed by atoms with Gasteiger partial charge >= 0.3 is 0 Å². The van der Waals surface area contributed by atoms with Crippen LogP contribution in [0.2, 0.25) is 0 Å². The van der Waals surface area contributed by atoms with E-state index in [1.807, 2.05) is 0 Å². The number of amides is 2. The molecule has 6 heteroatoms. The number of carbonyl (C=O) groups excluding carboxylic acids is 2. The van der Waals surface area contributed by atoms with E-state index in [1.54, 1.807) is 42.5 Å². The minimum atomic E-state index is -0.609. The zero-order valence-corrected chi connectivity index (χ0v) is 10.4. The van der Waals surface area contributed by atoms with Gasteiger partial charge in [-0.1, -0.05) is 41.5 Å². The van der Waals surface area contributed by atoms with Gasteiger partial charge in [0.15, 0.2) is 0 Å². The Labute approximate surface area is 114 Å². The summed E-state index contributed by atoms with van der Waals surface area (Å²) in [7, 11) is 0. The number of nitrogens with one attached hydrogen (secondary N) is 1. The van der Waals surface area contributed by atoms with Gasteiger partial charge in [-0.15, -0.1) is 0 Å². The van der Waals surface area contributed by atoms with Crippen LogP contribution in [-0.4, -0.2) is 11.8 Å². The van der Waals surface area contributed by atoms with E-state index >= 15 is 0 Å². The topological polar surface area (TPSA) is 94.9 Å². The summed E-state index contributed by atoms with van der Waals surface area (Å²) in [6, 6.07) is 14.6. The molecule has 20 heavy (non-hydrogen) atoms. The summed E-state index contributed by atoms with van der Waals surface area (Å²) < 4.78 is 0. The van der Waals surface area contributed by atoms with Crippen molar-refractivity contribution in [3.8, 4) is 0 Å². The largest absolute Gasteiger partial charge is 0.288 e. The molecule has 2 amide bonds. The van der Waals surface area contributed by atoms with Crippen molar-refractivity contribution in [2.45, 2.75) is 0 Å². The van der Waals surface area contributed by atoms with E-state index in [0.717, 1.165) is 0 Å². The second-order valence-electron chi connectivity index (χ2n) is 3.86. The van der Waals surface area contributed by atoms with E-state index in [1.165, 1.54) is 12.1 Å². The van der Waals surface area contributed by atoms with Gasteiger partial charge in [-0.3, -0.25) is 14.9 Å². The number of imide groups is 1. The molecule has 98 valence electrons. The average molecular weight is 266 g/mol. The molecular formula is C14H10N4O2. The zero-order chi connectivity index (χ0) is 14.4. The number of azide groups is 1. The van der Waals surface area contributed by atoms with Crippen molar-refractivity contribution in [1.82, 2.24) is 5.32 Å². The molecule has 6 nitrogen and oxygen atoms in total. The second-order valence-corrected chi connectivity index (χ2v) is 3.86. The first kappa shape index (κ1) is 13.3. The van der Waals surface area contributed by atoms with Crippen molar-refractivity contribution in [1.29, 1.82) is 0 Å². The Morgan fingerprint density at radius 2 is 1.60 bits per heavy atom. The summed E-state index contributed by atoms with van der Waals surface area (Å²) in [5.74, 6) is -1.12. The maximum Gasteiger partial charge on any atom is 0.258 e. The van der Waals surface area contributed by atoms with Crippen LogP contribution in [0.3, 0.4) is 0 Å². The Kier molecular flexibility index (Phi) is 4.11. The van der Waals surface area contributed by atoms with Crippen LogP contribution in [0.25, 0.3) is 10.4 Å². The van der Waals surface area contributed by atoms with Crippen molar-refractivity contribution in [3.63, 3.8) is 0 Å². The van der Waals surface area contributed by atoms with Gasteiger partial charge in [0.05, 0.1) is 5.69 Å². The van der Waals surface area contributed by atoms with E-state index in [-0.39, 0.29) is 11.3 Å². The van der Waals surface area contributed by atoms with E-state index in [9.17, 15) is 9.59 Å². The molecule has 0 aliphatic heterocycles. The van der Waals surface area contributed by atoms with Crippen molar-refractivity contribution in [2.75, 3.05) is 0 Å². The Balaban J connectivity index is 2.21. The minimum Gasteiger partial charge on any atom is -0.288 e. The Morgan fingerprint density at radius 3 is 2.30 bits per heavy atom. The molecule has 2 aromatic carbocycles. The summed E-state index contributed by atoms with van der Waals surface area (Å²) >= 11 is 0. The molecular weight excluding hydrogens is 256 g/mol. The quantitative estimate of drug-likeness (QED) is 0.399. The summed E-state index contributed by atoms with van der Waals surface area (Å²) in [5, 5.41) is 5.67. The van der Waals surface area contributed by atoms with Gasteiger partial charge in [-0.25, -0.2) is 0 Å². The number of nitrogens with zero attached hydrogens (tertiary/aromatic N) is 3. The molecule has 0 aliphatic carbocycles. The third kappa shape index (κ3) is 3.01. The fraction of sp³-hybridized carbons (Fsp3) is 0. The lowest BCUT2D eigenvalue weighted by molar-refractivity contribution is 0.0850. The normalized spacial score (nSPS) is 9.40. The first-order chi connectivity index (χ1) is 9.72. The van der Waals surface area contributed by atoms with Gasteiger partial charge in [0.1, 0.15) is 0 Å². The first-order valence-electron chi connectivity index (χ1n) is 5.77. The molecule has 0 aromatic heterocycles. The lowest BCUT2D eigenvalue weighted by Crippen LogP contribution is -2.30. The van der Waals surface area contributed by atoms with Crippen LogP contribution in [0.1, 0.15) is 20.7 Å². The maximum atomic E-state index is 12.0. The number of carbonyl (C=O) groups is 2. The predicted molar refractivity (Wildman–Crippen MR) is 73.5 cm³/mol. The third-order valence-corrected chi connectivity index (χ3v) is 2.56. The van der Waals surface area contributed by atoms with Crippen molar-refractivity contribution >= 4 is 17.5 Å². The molecule has 0 unspecified atom stereocenters.